The van der Waals surface area contributed by atoms with Gasteiger partial charge in [-0.05, 0) is 61.6 Å². The van der Waals surface area contributed by atoms with Crippen molar-refractivity contribution in [3.63, 3.8) is 0 Å². The van der Waals surface area contributed by atoms with E-state index in [1.807, 2.05) is 13.0 Å². The van der Waals surface area contributed by atoms with Crippen LogP contribution in [-0.4, -0.2) is 49.2 Å². The number of rotatable bonds is 5. The molecule has 2 heterocycles. The Kier molecular flexibility index (Phi) is 5.93. The maximum absolute atomic E-state index is 13.1. The van der Waals surface area contributed by atoms with Gasteiger partial charge in [0.2, 0.25) is 0 Å². The van der Waals surface area contributed by atoms with Gasteiger partial charge in [0.25, 0.3) is 10.2 Å². The van der Waals surface area contributed by atoms with E-state index in [1.54, 1.807) is 30.5 Å². The maximum atomic E-state index is 13.1. The predicted molar refractivity (Wildman–Crippen MR) is 104 cm³/mol. The lowest BCUT2D eigenvalue weighted by Gasteiger charge is -2.33. The van der Waals surface area contributed by atoms with Crippen molar-refractivity contribution in [1.82, 2.24) is 13.6 Å². The molecular formula is C20H26FN3O2S. The Bertz CT molecular complexity index is 898. The Morgan fingerprint density at radius 1 is 1.19 bits per heavy atom. The van der Waals surface area contributed by atoms with Crippen molar-refractivity contribution in [3.05, 3.63) is 64.7 Å². The van der Waals surface area contributed by atoms with E-state index in [0.717, 1.165) is 35.4 Å². The second-order valence-electron chi connectivity index (χ2n) is 7.33. The molecule has 1 saturated heterocycles. The molecule has 2 aromatic rings. The van der Waals surface area contributed by atoms with Gasteiger partial charge in [-0.2, -0.15) is 17.0 Å². The Morgan fingerprint density at radius 2 is 1.89 bits per heavy atom. The Morgan fingerprint density at radius 3 is 2.56 bits per heavy atom. The average Bonchev–Trinajstić information content (AvgIpc) is 2.63. The molecule has 146 valence electrons. The van der Waals surface area contributed by atoms with Gasteiger partial charge >= 0.3 is 0 Å². The summed E-state index contributed by atoms with van der Waals surface area (Å²) in [6, 6.07) is 10.6. The minimum absolute atomic E-state index is 0.0837. The lowest BCUT2D eigenvalue weighted by Crippen LogP contribution is -2.45. The molecule has 1 aromatic carbocycles. The number of pyridine rings is 1. The van der Waals surface area contributed by atoms with Crippen molar-refractivity contribution in [2.75, 3.05) is 27.2 Å². The quantitative estimate of drug-likeness (QED) is 0.787. The van der Waals surface area contributed by atoms with Gasteiger partial charge in [-0.25, -0.2) is 4.39 Å². The first-order valence-corrected chi connectivity index (χ1v) is 10.5. The lowest BCUT2D eigenvalue weighted by atomic mass is 9.93. The molecule has 0 spiro atoms. The van der Waals surface area contributed by atoms with Gasteiger partial charge in [0.1, 0.15) is 5.82 Å². The van der Waals surface area contributed by atoms with Gasteiger partial charge in [-0.3, -0.25) is 4.98 Å². The molecule has 0 amide bonds. The highest BCUT2D eigenvalue weighted by Gasteiger charge is 2.31. The first-order chi connectivity index (χ1) is 12.8. The number of aromatic nitrogens is 1. The highest BCUT2D eigenvalue weighted by molar-refractivity contribution is 7.86. The van der Waals surface area contributed by atoms with Crippen LogP contribution in [0.2, 0.25) is 0 Å². The van der Waals surface area contributed by atoms with Gasteiger partial charge < -0.3 is 0 Å². The second kappa shape index (κ2) is 8.04. The zero-order valence-electron chi connectivity index (χ0n) is 16.0. The summed E-state index contributed by atoms with van der Waals surface area (Å²) < 4.78 is 40.9. The van der Waals surface area contributed by atoms with Crippen LogP contribution in [-0.2, 0) is 16.6 Å². The molecule has 3 rings (SSSR count). The van der Waals surface area contributed by atoms with Gasteiger partial charge in [0.05, 0.1) is 0 Å². The second-order valence-corrected chi connectivity index (χ2v) is 9.47. The monoisotopic (exact) mass is 391 g/mol. The Hall–Kier alpha value is -1.83. The van der Waals surface area contributed by atoms with E-state index in [0.29, 0.717) is 19.5 Å². The number of hydrogen-bond acceptors (Lipinski definition) is 3. The van der Waals surface area contributed by atoms with Crippen molar-refractivity contribution >= 4 is 10.2 Å². The third kappa shape index (κ3) is 4.72. The summed E-state index contributed by atoms with van der Waals surface area (Å²) in [5.74, 6) is -0.157. The molecular weight excluding hydrogens is 365 g/mol. The number of nitrogens with zero attached hydrogens (tertiary/aromatic N) is 3. The molecule has 7 heteroatoms. The number of piperidine rings is 1. The largest absolute Gasteiger partial charge is 0.281 e. The van der Waals surface area contributed by atoms with Crippen molar-refractivity contribution in [2.24, 2.45) is 0 Å². The molecule has 0 bridgehead atoms. The number of hydrogen-bond donors (Lipinski definition) is 0. The van der Waals surface area contributed by atoms with E-state index in [2.05, 4.69) is 11.1 Å². The minimum atomic E-state index is -3.41. The highest BCUT2D eigenvalue weighted by atomic mass is 32.2. The van der Waals surface area contributed by atoms with Gasteiger partial charge in [0, 0.05) is 44.5 Å². The van der Waals surface area contributed by atoms with Gasteiger partial charge in [-0.15, -0.1) is 0 Å². The molecule has 27 heavy (non-hydrogen) atoms. The zero-order chi connectivity index (χ0) is 19.6. The Balaban J connectivity index is 1.82. The maximum Gasteiger partial charge on any atom is 0.281 e. The molecule has 0 radical (unpaired) electrons. The van der Waals surface area contributed by atoms with Crippen LogP contribution >= 0.6 is 0 Å². The van der Waals surface area contributed by atoms with E-state index in [1.165, 1.54) is 16.4 Å². The first-order valence-electron chi connectivity index (χ1n) is 9.15. The lowest BCUT2D eigenvalue weighted by molar-refractivity contribution is 0.296. The molecule has 1 aromatic heterocycles. The van der Waals surface area contributed by atoms with Gasteiger partial charge in [0.15, 0.2) is 0 Å². The van der Waals surface area contributed by atoms with Gasteiger partial charge in [-0.1, -0.05) is 12.1 Å². The van der Waals surface area contributed by atoms with Crippen molar-refractivity contribution in [3.8, 4) is 0 Å². The van der Waals surface area contributed by atoms with Crippen molar-refractivity contribution < 1.29 is 12.8 Å². The van der Waals surface area contributed by atoms with E-state index >= 15 is 0 Å². The fourth-order valence-electron chi connectivity index (χ4n) is 3.54. The summed E-state index contributed by atoms with van der Waals surface area (Å²) in [6.07, 6.45) is 2.44. The van der Waals surface area contributed by atoms with Crippen molar-refractivity contribution in [2.45, 2.75) is 32.1 Å². The molecule has 0 aliphatic carbocycles. The molecule has 0 N–H and O–H groups in total. The summed E-state index contributed by atoms with van der Waals surface area (Å²) in [7, 11) is -0.290. The van der Waals surface area contributed by atoms with E-state index in [9.17, 15) is 12.8 Å². The molecule has 1 atom stereocenters. The average molecular weight is 392 g/mol. The predicted octanol–water partition coefficient (Wildman–Crippen LogP) is 3.11. The summed E-state index contributed by atoms with van der Waals surface area (Å²) >= 11 is 0. The fraction of sp³-hybridized carbons (Fsp3) is 0.450. The summed E-state index contributed by atoms with van der Waals surface area (Å²) in [4.78, 5) is 4.68. The van der Waals surface area contributed by atoms with Crippen LogP contribution in [0.15, 0.2) is 36.4 Å². The SMILES string of the molecule is Cc1cc(Cc2ccc(F)cc2)cc(C2CCCN(S(=O)(=O)N(C)C)C2)n1. The van der Waals surface area contributed by atoms with E-state index in [4.69, 9.17) is 0 Å². The van der Waals surface area contributed by atoms with E-state index in [-0.39, 0.29) is 11.7 Å². The highest BCUT2D eigenvalue weighted by Crippen LogP contribution is 2.29. The summed E-state index contributed by atoms with van der Waals surface area (Å²) in [6.45, 7) is 2.95. The minimum Gasteiger partial charge on any atom is -0.258 e. The molecule has 1 fully saturated rings. The number of aryl methyl sites for hydroxylation is 1. The van der Waals surface area contributed by atoms with Crippen LogP contribution < -0.4 is 0 Å². The van der Waals surface area contributed by atoms with Crippen LogP contribution in [0, 0.1) is 12.7 Å². The third-order valence-corrected chi connectivity index (χ3v) is 6.85. The number of benzene rings is 1. The standard InChI is InChI=1S/C20H26FN3O2S/c1-15-11-17(12-16-6-8-19(21)9-7-16)13-20(22-15)18-5-4-10-24(14-18)27(25,26)23(2)3/h6-9,11,13,18H,4-5,10,12,14H2,1-3H3. The third-order valence-electron chi connectivity index (χ3n) is 4.94. The molecule has 5 nitrogen and oxygen atoms in total. The van der Waals surface area contributed by atoms with Crippen LogP contribution in [0.4, 0.5) is 4.39 Å². The zero-order valence-corrected chi connectivity index (χ0v) is 16.8. The van der Waals surface area contributed by atoms with Crippen LogP contribution in [0.5, 0.6) is 0 Å². The van der Waals surface area contributed by atoms with Crippen LogP contribution in [0.1, 0.15) is 41.3 Å². The first kappa shape index (κ1) is 19.9. The summed E-state index contributed by atoms with van der Waals surface area (Å²) in [5.41, 5.74) is 3.99. The number of halogens is 1. The molecule has 1 aliphatic heterocycles. The normalized spacial score (nSPS) is 18.8. The van der Waals surface area contributed by atoms with Crippen molar-refractivity contribution in [1.29, 1.82) is 0 Å². The van der Waals surface area contributed by atoms with Crippen LogP contribution in [0.25, 0.3) is 0 Å². The Labute approximate surface area is 161 Å². The topological polar surface area (TPSA) is 53.5 Å². The molecule has 1 unspecified atom stereocenters. The van der Waals surface area contributed by atoms with Crippen LogP contribution in [0.3, 0.4) is 0 Å². The van der Waals surface area contributed by atoms with E-state index < -0.39 is 10.2 Å². The molecule has 1 aliphatic rings. The smallest absolute Gasteiger partial charge is 0.258 e. The summed E-state index contributed by atoms with van der Waals surface area (Å²) in [5, 5.41) is 0. The fourth-order valence-corrected chi connectivity index (χ4v) is 4.73. The molecule has 0 saturated carbocycles.